The van der Waals surface area contributed by atoms with Crippen molar-refractivity contribution in [2.24, 2.45) is 0 Å². The Bertz CT molecular complexity index is 1230. The second-order valence-corrected chi connectivity index (χ2v) is 9.19. The van der Waals surface area contributed by atoms with E-state index >= 15 is 0 Å². The number of ether oxygens (including phenoxy) is 1. The number of nitrogens with zero attached hydrogens (tertiary/aromatic N) is 3. The van der Waals surface area contributed by atoms with Crippen LogP contribution in [0.25, 0.3) is 10.9 Å². The Morgan fingerprint density at radius 3 is 2.08 bits per heavy atom. The molecule has 5 rings (SSSR count). The molecule has 1 fully saturated rings. The zero-order valence-electron chi connectivity index (χ0n) is 20.2. The number of fused-ring (bicyclic) bond motifs is 1. The summed E-state index contributed by atoms with van der Waals surface area (Å²) in [6.07, 6.45) is -0.637. The molecule has 0 bridgehead atoms. The van der Waals surface area contributed by atoms with Gasteiger partial charge in [0.25, 0.3) is 0 Å². The second kappa shape index (κ2) is 11.3. The summed E-state index contributed by atoms with van der Waals surface area (Å²) in [5.74, 6) is 0.321. The number of aliphatic hydroxyl groups is 1. The van der Waals surface area contributed by atoms with Crippen molar-refractivity contribution in [3.8, 4) is 5.88 Å². The van der Waals surface area contributed by atoms with Crippen molar-refractivity contribution in [2.75, 3.05) is 39.3 Å². The highest BCUT2D eigenvalue weighted by molar-refractivity contribution is 5.87. The fourth-order valence-corrected chi connectivity index (χ4v) is 4.76. The van der Waals surface area contributed by atoms with Crippen molar-refractivity contribution < 1.29 is 14.6 Å². The predicted molar refractivity (Wildman–Crippen MR) is 141 cm³/mol. The quantitative estimate of drug-likeness (QED) is 0.413. The number of benzene rings is 3. The van der Waals surface area contributed by atoms with Crippen molar-refractivity contribution in [2.45, 2.75) is 12.0 Å². The average molecular weight is 482 g/mol. The van der Waals surface area contributed by atoms with Crippen LogP contribution in [-0.4, -0.2) is 71.2 Å². The molecule has 4 aromatic rings. The highest BCUT2D eigenvalue weighted by Crippen LogP contribution is 2.27. The first-order chi connectivity index (χ1) is 17.7. The Balaban J connectivity index is 1.15. The maximum absolute atomic E-state index is 13.6. The molecule has 184 valence electrons. The van der Waals surface area contributed by atoms with E-state index in [1.54, 1.807) is 0 Å². The SMILES string of the molecule is O=C(C(c1ccccc1)c1ccccc1)N1CCN(CC(O)COc2ccc3ccccc3n2)CC1. The van der Waals surface area contributed by atoms with Gasteiger partial charge in [0.15, 0.2) is 0 Å². The largest absolute Gasteiger partial charge is 0.475 e. The van der Waals surface area contributed by atoms with Crippen LogP contribution in [0.5, 0.6) is 5.88 Å². The highest BCUT2D eigenvalue weighted by Gasteiger charge is 2.30. The van der Waals surface area contributed by atoms with E-state index in [-0.39, 0.29) is 18.4 Å². The Kier molecular flexibility index (Phi) is 7.55. The number of para-hydroxylation sites is 1. The van der Waals surface area contributed by atoms with Crippen LogP contribution in [0.2, 0.25) is 0 Å². The van der Waals surface area contributed by atoms with Gasteiger partial charge in [-0.15, -0.1) is 0 Å². The van der Waals surface area contributed by atoms with Crippen LogP contribution in [0.1, 0.15) is 17.0 Å². The topological polar surface area (TPSA) is 65.9 Å². The summed E-state index contributed by atoms with van der Waals surface area (Å²) < 4.78 is 5.75. The monoisotopic (exact) mass is 481 g/mol. The number of carbonyl (C=O) groups excluding carboxylic acids is 1. The minimum atomic E-state index is -0.637. The molecule has 6 heteroatoms. The van der Waals surface area contributed by atoms with Gasteiger partial charge in [-0.25, -0.2) is 4.98 Å². The van der Waals surface area contributed by atoms with Crippen LogP contribution in [-0.2, 0) is 4.79 Å². The number of rotatable bonds is 8. The third-order valence-electron chi connectivity index (χ3n) is 6.66. The minimum absolute atomic E-state index is 0.123. The van der Waals surface area contributed by atoms with E-state index in [0.29, 0.717) is 38.6 Å². The molecule has 0 aliphatic carbocycles. The molecule has 0 radical (unpaired) electrons. The lowest BCUT2D eigenvalue weighted by Crippen LogP contribution is -2.52. The summed E-state index contributed by atoms with van der Waals surface area (Å²) in [7, 11) is 0. The van der Waals surface area contributed by atoms with Crippen LogP contribution < -0.4 is 4.74 Å². The lowest BCUT2D eigenvalue weighted by molar-refractivity contribution is -0.133. The van der Waals surface area contributed by atoms with Gasteiger partial charge in [-0.05, 0) is 23.3 Å². The first-order valence-corrected chi connectivity index (χ1v) is 12.4. The van der Waals surface area contributed by atoms with Crippen LogP contribution in [0.15, 0.2) is 97.1 Å². The number of aliphatic hydroxyl groups excluding tert-OH is 1. The Morgan fingerprint density at radius 1 is 0.806 bits per heavy atom. The summed E-state index contributed by atoms with van der Waals surface area (Å²) in [5.41, 5.74) is 2.88. The van der Waals surface area contributed by atoms with E-state index in [4.69, 9.17) is 4.74 Å². The van der Waals surface area contributed by atoms with Crippen molar-refractivity contribution >= 4 is 16.8 Å². The first-order valence-electron chi connectivity index (χ1n) is 12.4. The molecule has 0 saturated carbocycles. The highest BCUT2D eigenvalue weighted by atomic mass is 16.5. The molecule has 1 amide bonds. The smallest absolute Gasteiger partial charge is 0.234 e. The number of pyridine rings is 1. The van der Waals surface area contributed by atoms with Gasteiger partial charge >= 0.3 is 0 Å². The summed E-state index contributed by atoms with van der Waals surface area (Å²) >= 11 is 0. The normalized spacial score (nSPS) is 15.2. The van der Waals surface area contributed by atoms with Gasteiger partial charge in [0.2, 0.25) is 11.8 Å². The number of β-amino-alcohol motifs (C(OH)–C–C–N with tert-alkyl or cyclic N) is 1. The Labute approximate surface area is 211 Å². The van der Waals surface area contributed by atoms with Gasteiger partial charge < -0.3 is 14.7 Å². The van der Waals surface area contributed by atoms with Gasteiger partial charge in [0.1, 0.15) is 12.7 Å². The molecule has 1 saturated heterocycles. The molecule has 1 aliphatic rings. The second-order valence-electron chi connectivity index (χ2n) is 9.19. The Morgan fingerprint density at radius 2 is 1.42 bits per heavy atom. The van der Waals surface area contributed by atoms with E-state index in [1.807, 2.05) is 102 Å². The molecular formula is C30H31N3O3. The first kappa shape index (κ1) is 24.0. The molecular weight excluding hydrogens is 450 g/mol. The molecule has 1 aliphatic heterocycles. The van der Waals surface area contributed by atoms with Crippen molar-refractivity contribution in [1.29, 1.82) is 0 Å². The summed E-state index contributed by atoms with van der Waals surface area (Å²) in [4.78, 5) is 22.2. The number of hydrogen-bond acceptors (Lipinski definition) is 5. The van der Waals surface area contributed by atoms with Crippen molar-refractivity contribution in [3.05, 3.63) is 108 Å². The Hall–Kier alpha value is -3.74. The van der Waals surface area contributed by atoms with Crippen molar-refractivity contribution in [3.63, 3.8) is 0 Å². The third-order valence-corrected chi connectivity index (χ3v) is 6.66. The van der Waals surface area contributed by atoms with Gasteiger partial charge in [0, 0.05) is 44.2 Å². The number of hydrogen-bond donors (Lipinski definition) is 1. The molecule has 2 heterocycles. The molecule has 1 unspecified atom stereocenters. The van der Waals surface area contributed by atoms with Crippen LogP contribution >= 0.6 is 0 Å². The van der Waals surface area contributed by atoms with Gasteiger partial charge in [-0.1, -0.05) is 78.9 Å². The molecule has 36 heavy (non-hydrogen) atoms. The molecule has 1 aromatic heterocycles. The van der Waals surface area contributed by atoms with E-state index in [2.05, 4.69) is 9.88 Å². The molecule has 0 spiro atoms. The van der Waals surface area contributed by atoms with E-state index < -0.39 is 6.10 Å². The predicted octanol–water partition coefficient (Wildman–Crippen LogP) is 3.95. The zero-order chi connectivity index (χ0) is 24.7. The van der Waals surface area contributed by atoms with Crippen LogP contribution in [0, 0.1) is 0 Å². The van der Waals surface area contributed by atoms with E-state index in [9.17, 15) is 9.90 Å². The van der Waals surface area contributed by atoms with E-state index in [1.165, 1.54) is 0 Å². The molecule has 3 aromatic carbocycles. The van der Waals surface area contributed by atoms with Crippen molar-refractivity contribution in [1.82, 2.24) is 14.8 Å². The minimum Gasteiger partial charge on any atom is -0.475 e. The number of aromatic nitrogens is 1. The van der Waals surface area contributed by atoms with Gasteiger partial charge in [-0.2, -0.15) is 0 Å². The third kappa shape index (κ3) is 5.73. The molecule has 6 nitrogen and oxygen atoms in total. The average Bonchev–Trinajstić information content (AvgIpc) is 2.93. The number of piperazine rings is 1. The summed E-state index contributed by atoms with van der Waals surface area (Å²) in [6, 6.07) is 31.6. The number of amides is 1. The maximum Gasteiger partial charge on any atom is 0.234 e. The fourth-order valence-electron chi connectivity index (χ4n) is 4.76. The van der Waals surface area contributed by atoms with Crippen LogP contribution in [0.3, 0.4) is 0 Å². The maximum atomic E-state index is 13.6. The van der Waals surface area contributed by atoms with Gasteiger partial charge in [-0.3, -0.25) is 9.69 Å². The zero-order valence-corrected chi connectivity index (χ0v) is 20.2. The van der Waals surface area contributed by atoms with Crippen LogP contribution in [0.4, 0.5) is 0 Å². The lowest BCUT2D eigenvalue weighted by Gasteiger charge is -2.37. The van der Waals surface area contributed by atoms with E-state index in [0.717, 1.165) is 22.0 Å². The van der Waals surface area contributed by atoms with Gasteiger partial charge in [0.05, 0.1) is 11.4 Å². The fraction of sp³-hybridized carbons (Fsp3) is 0.267. The number of carbonyl (C=O) groups is 1. The molecule has 1 N–H and O–H groups in total. The standard InChI is InChI=1S/C30H31N3O3/c34-26(22-36-28-16-15-23-9-7-8-14-27(23)31-28)21-32-17-19-33(20-18-32)30(35)29(24-10-3-1-4-11-24)25-12-5-2-6-13-25/h1-16,26,29,34H,17-22H2. The summed E-state index contributed by atoms with van der Waals surface area (Å²) in [5, 5.41) is 11.6. The summed E-state index contributed by atoms with van der Waals surface area (Å²) in [6.45, 7) is 3.37. The molecule has 1 atom stereocenters. The lowest BCUT2D eigenvalue weighted by atomic mass is 9.90.